The molecule has 0 atom stereocenters. The number of nitrogens with one attached hydrogen (secondary N) is 2. The summed E-state index contributed by atoms with van der Waals surface area (Å²) >= 11 is 5.98. The van der Waals surface area contributed by atoms with E-state index >= 15 is 0 Å². The molecule has 0 aromatic carbocycles. The summed E-state index contributed by atoms with van der Waals surface area (Å²) in [6.07, 6.45) is 3.02. The van der Waals surface area contributed by atoms with Crippen molar-refractivity contribution >= 4 is 27.4 Å². The highest BCUT2D eigenvalue weighted by Crippen LogP contribution is 2.21. The summed E-state index contributed by atoms with van der Waals surface area (Å²) in [5, 5.41) is 3.38. The van der Waals surface area contributed by atoms with Gasteiger partial charge in [-0.15, -0.1) is 0 Å². The van der Waals surface area contributed by atoms with Crippen molar-refractivity contribution in [2.24, 2.45) is 0 Å². The fourth-order valence-corrected chi connectivity index (χ4v) is 2.22. The number of anilines is 1. The van der Waals surface area contributed by atoms with Gasteiger partial charge in [0.15, 0.2) is 0 Å². The molecule has 0 saturated heterocycles. The molecule has 8 heteroatoms. The Hall–Kier alpha value is -0.920. The van der Waals surface area contributed by atoms with Crippen LogP contribution >= 0.6 is 11.6 Å². The van der Waals surface area contributed by atoms with Crippen LogP contribution in [0.15, 0.2) is 6.33 Å². The Morgan fingerprint density at radius 3 is 2.72 bits per heavy atom. The summed E-state index contributed by atoms with van der Waals surface area (Å²) in [6.45, 7) is 2.30. The third kappa shape index (κ3) is 4.40. The minimum absolute atomic E-state index is 0.0172. The number of halogens is 1. The molecule has 0 amide bonds. The molecule has 18 heavy (non-hydrogen) atoms. The maximum atomic E-state index is 11.3. The van der Waals surface area contributed by atoms with Gasteiger partial charge in [0.05, 0.1) is 5.75 Å². The van der Waals surface area contributed by atoms with Crippen LogP contribution in [0.2, 0.25) is 5.15 Å². The predicted molar refractivity (Wildman–Crippen MR) is 72.4 cm³/mol. The van der Waals surface area contributed by atoms with Crippen molar-refractivity contribution in [3.05, 3.63) is 17.0 Å². The van der Waals surface area contributed by atoms with Crippen LogP contribution in [0.5, 0.6) is 0 Å². The number of hydrogen-bond acceptors (Lipinski definition) is 5. The van der Waals surface area contributed by atoms with Crippen molar-refractivity contribution in [3.63, 3.8) is 0 Å². The molecule has 0 radical (unpaired) electrons. The Balaban J connectivity index is 2.70. The molecule has 0 aliphatic carbocycles. The number of aromatic nitrogens is 2. The summed E-state index contributed by atoms with van der Waals surface area (Å²) in [5.74, 6) is 0.583. The van der Waals surface area contributed by atoms with E-state index in [9.17, 15) is 8.42 Å². The lowest BCUT2D eigenvalue weighted by atomic mass is 10.2. The Bertz CT molecular complexity index is 493. The predicted octanol–water partition coefficient (Wildman–Crippen LogP) is 1.04. The molecule has 102 valence electrons. The zero-order chi connectivity index (χ0) is 13.6. The number of hydrogen-bond donors (Lipinski definition) is 2. The van der Waals surface area contributed by atoms with E-state index in [4.69, 9.17) is 11.6 Å². The van der Waals surface area contributed by atoms with Crippen LogP contribution in [0, 0.1) is 0 Å². The van der Waals surface area contributed by atoms with E-state index in [0.717, 1.165) is 18.4 Å². The maximum Gasteiger partial charge on any atom is 0.213 e. The lowest BCUT2D eigenvalue weighted by Crippen LogP contribution is -2.26. The second-order valence-electron chi connectivity index (χ2n) is 3.69. The molecule has 0 aliphatic rings. The van der Waals surface area contributed by atoms with Crippen molar-refractivity contribution in [1.29, 1.82) is 0 Å². The maximum absolute atomic E-state index is 11.3. The van der Waals surface area contributed by atoms with Crippen LogP contribution < -0.4 is 10.0 Å². The summed E-state index contributed by atoms with van der Waals surface area (Å²) in [7, 11) is -1.83. The van der Waals surface area contributed by atoms with Crippen molar-refractivity contribution < 1.29 is 8.42 Å². The largest absolute Gasteiger partial charge is 0.369 e. The standard InChI is InChI=1S/C10H17ClN4O2S/c1-3-4-8-9(11)14-7-15-10(8)13-5-6-18(16,17)12-2/h7,12H,3-6H2,1-2H3,(H,13,14,15). The molecular weight excluding hydrogens is 276 g/mol. The second-order valence-corrected chi connectivity index (χ2v) is 6.10. The molecule has 0 saturated carbocycles. The van der Waals surface area contributed by atoms with Crippen LogP contribution in [0.1, 0.15) is 18.9 Å². The van der Waals surface area contributed by atoms with E-state index in [0.29, 0.717) is 11.0 Å². The van der Waals surface area contributed by atoms with Crippen LogP contribution in [-0.2, 0) is 16.4 Å². The molecule has 1 aromatic rings. The molecule has 0 aliphatic heterocycles. The van der Waals surface area contributed by atoms with Crippen LogP contribution in [0.25, 0.3) is 0 Å². The SMILES string of the molecule is CCCc1c(Cl)ncnc1NCCS(=O)(=O)NC. The molecule has 2 N–H and O–H groups in total. The van der Waals surface area contributed by atoms with Gasteiger partial charge >= 0.3 is 0 Å². The van der Waals surface area contributed by atoms with Gasteiger partial charge in [0.2, 0.25) is 10.0 Å². The first-order valence-electron chi connectivity index (χ1n) is 5.64. The Morgan fingerprint density at radius 2 is 2.11 bits per heavy atom. The normalized spacial score (nSPS) is 11.5. The summed E-state index contributed by atoms with van der Waals surface area (Å²) in [4.78, 5) is 8.00. The summed E-state index contributed by atoms with van der Waals surface area (Å²) in [5.41, 5.74) is 0.823. The first kappa shape index (κ1) is 15.1. The van der Waals surface area contributed by atoms with E-state index in [-0.39, 0.29) is 12.3 Å². The van der Waals surface area contributed by atoms with Gasteiger partial charge in [-0.05, 0) is 13.5 Å². The van der Waals surface area contributed by atoms with E-state index in [1.54, 1.807) is 0 Å². The van der Waals surface area contributed by atoms with Gasteiger partial charge in [-0.2, -0.15) is 0 Å². The molecule has 0 unspecified atom stereocenters. The molecule has 1 aromatic heterocycles. The lowest BCUT2D eigenvalue weighted by Gasteiger charge is -2.11. The highest BCUT2D eigenvalue weighted by molar-refractivity contribution is 7.89. The van der Waals surface area contributed by atoms with E-state index < -0.39 is 10.0 Å². The van der Waals surface area contributed by atoms with Gasteiger partial charge in [-0.1, -0.05) is 24.9 Å². The fraction of sp³-hybridized carbons (Fsp3) is 0.600. The minimum Gasteiger partial charge on any atom is -0.369 e. The summed E-state index contributed by atoms with van der Waals surface area (Å²) < 4.78 is 24.8. The second kappa shape index (κ2) is 6.86. The van der Waals surface area contributed by atoms with Crippen LogP contribution in [0.4, 0.5) is 5.82 Å². The van der Waals surface area contributed by atoms with E-state index in [1.807, 2.05) is 6.92 Å². The Kier molecular flexibility index (Phi) is 5.77. The molecule has 1 rings (SSSR count). The van der Waals surface area contributed by atoms with Crippen molar-refractivity contribution in [1.82, 2.24) is 14.7 Å². The monoisotopic (exact) mass is 292 g/mol. The first-order chi connectivity index (χ1) is 8.50. The molecule has 0 fully saturated rings. The molecule has 6 nitrogen and oxygen atoms in total. The zero-order valence-electron chi connectivity index (χ0n) is 10.4. The molecule has 0 spiro atoms. The van der Waals surface area contributed by atoms with Gasteiger partial charge in [0.1, 0.15) is 17.3 Å². The van der Waals surface area contributed by atoms with Crippen molar-refractivity contribution in [2.75, 3.05) is 24.7 Å². The van der Waals surface area contributed by atoms with Crippen LogP contribution in [0.3, 0.4) is 0 Å². The quantitative estimate of drug-likeness (QED) is 0.734. The average molecular weight is 293 g/mol. The van der Waals surface area contributed by atoms with E-state index in [1.165, 1.54) is 13.4 Å². The minimum atomic E-state index is -3.21. The molecule has 1 heterocycles. The lowest BCUT2D eigenvalue weighted by molar-refractivity contribution is 0.588. The molecular formula is C10H17ClN4O2S. The highest BCUT2D eigenvalue weighted by atomic mass is 35.5. The van der Waals surface area contributed by atoms with E-state index in [2.05, 4.69) is 20.0 Å². The third-order valence-corrected chi connectivity index (χ3v) is 4.06. The van der Waals surface area contributed by atoms with Crippen molar-refractivity contribution in [2.45, 2.75) is 19.8 Å². The van der Waals surface area contributed by atoms with Gasteiger partial charge in [0.25, 0.3) is 0 Å². The van der Waals surface area contributed by atoms with Gasteiger partial charge in [0, 0.05) is 12.1 Å². The fourth-order valence-electron chi connectivity index (χ4n) is 1.42. The summed E-state index contributed by atoms with van der Waals surface area (Å²) in [6, 6.07) is 0. The average Bonchev–Trinajstić information content (AvgIpc) is 2.33. The smallest absolute Gasteiger partial charge is 0.213 e. The highest BCUT2D eigenvalue weighted by Gasteiger charge is 2.10. The zero-order valence-corrected chi connectivity index (χ0v) is 12.0. The number of nitrogens with zero attached hydrogens (tertiary/aromatic N) is 2. The number of rotatable bonds is 7. The Morgan fingerprint density at radius 1 is 1.39 bits per heavy atom. The van der Waals surface area contributed by atoms with Gasteiger partial charge < -0.3 is 5.32 Å². The number of sulfonamides is 1. The third-order valence-electron chi connectivity index (χ3n) is 2.37. The molecule has 0 bridgehead atoms. The first-order valence-corrected chi connectivity index (χ1v) is 7.67. The van der Waals surface area contributed by atoms with Crippen LogP contribution in [-0.4, -0.2) is 37.7 Å². The van der Waals surface area contributed by atoms with Crippen molar-refractivity contribution in [3.8, 4) is 0 Å². The van der Waals surface area contributed by atoms with Gasteiger partial charge in [-0.3, -0.25) is 0 Å². The Labute approximate surface area is 112 Å². The van der Waals surface area contributed by atoms with Gasteiger partial charge in [-0.25, -0.2) is 23.1 Å². The topological polar surface area (TPSA) is 84.0 Å².